The smallest absolute Gasteiger partial charge is 0.316 e. The van der Waals surface area contributed by atoms with Gasteiger partial charge in [0.1, 0.15) is 17.4 Å². The molecule has 0 aliphatic carbocycles. The number of esters is 1. The molecule has 1 amide bonds. The minimum absolute atomic E-state index is 0.0187. The van der Waals surface area contributed by atoms with Gasteiger partial charge in [0, 0.05) is 4.11 Å². The first-order valence-corrected chi connectivity index (χ1v) is 6.18. The Morgan fingerprint density at radius 2 is 2.19 bits per heavy atom. The molecule has 0 saturated carbocycles. The highest BCUT2D eigenvalue weighted by Crippen LogP contribution is 2.07. The maximum atomic E-state index is 12.0. The Morgan fingerprint density at radius 3 is 2.71 bits per heavy atom. The maximum absolute atomic E-state index is 12.0. The molecular formula is C14H18N2O5. The largest absolute Gasteiger partial charge is 0.495 e. The highest BCUT2D eigenvalue weighted by Gasteiger charge is 2.23. The van der Waals surface area contributed by atoms with Gasteiger partial charge in [0.2, 0.25) is 0 Å². The van der Waals surface area contributed by atoms with Gasteiger partial charge >= 0.3 is 5.97 Å². The molecule has 0 radical (unpaired) electrons. The molecule has 0 spiro atoms. The number of hydrogen-bond donors (Lipinski definition) is 1. The van der Waals surface area contributed by atoms with Gasteiger partial charge in [-0.25, -0.2) is 4.98 Å². The lowest BCUT2D eigenvalue weighted by Gasteiger charge is -2.10. The molecule has 1 heterocycles. The van der Waals surface area contributed by atoms with Crippen molar-refractivity contribution in [3.8, 4) is 5.75 Å². The zero-order valence-corrected chi connectivity index (χ0v) is 11.7. The molecule has 7 nitrogen and oxygen atoms in total. The fourth-order valence-corrected chi connectivity index (χ4v) is 1.35. The van der Waals surface area contributed by atoms with Crippen molar-refractivity contribution >= 4 is 17.7 Å². The van der Waals surface area contributed by atoms with Crippen molar-refractivity contribution in [1.29, 1.82) is 0 Å². The lowest BCUT2D eigenvalue weighted by Crippen LogP contribution is -2.35. The molecule has 1 unspecified atom stereocenters. The lowest BCUT2D eigenvalue weighted by molar-refractivity contribution is -0.150. The van der Waals surface area contributed by atoms with Crippen molar-refractivity contribution in [2.45, 2.75) is 13.8 Å². The normalized spacial score (nSPS) is 14.1. The minimum atomic E-state index is -2.85. The number of nitrogens with zero attached hydrogens (tertiary/aromatic N) is 1. The molecule has 1 aromatic heterocycles. The summed E-state index contributed by atoms with van der Waals surface area (Å²) in [6.07, 6.45) is 1.32. The summed E-state index contributed by atoms with van der Waals surface area (Å²) < 4.78 is 31.4. The number of rotatable bonds is 7. The number of Topliss-reactive ketones (excluding diaryl/α,β-unsaturated/α-hetero) is 1. The average Bonchev–Trinajstić information content (AvgIpc) is 2.51. The molecule has 7 heteroatoms. The number of amides is 1. The summed E-state index contributed by atoms with van der Waals surface area (Å²) in [5.74, 6) is -4.28. The molecule has 0 aromatic carbocycles. The second kappa shape index (κ2) is 7.98. The van der Waals surface area contributed by atoms with E-state index in [-0.39, 0.29) is 12.3 Å². The number of carbonyl (C=O) groups is 3. The monoisotopic (exact) mass is 297 g/mol. The van der Waals surface area contributed by atoms with Crippen molar-refractivity contribution in [3.05, 3.63) is 24.0 Å². The van der Waals surface area contributed by atoms with Crippen LogP contribution in [-0.2, 0) is 14.3 Å². The Morgan fingerprint density at radius 1 is 1.43 bits per heavy atom. The molecule has 0 bridgehead atoms. The SMILES string of the molecule is [2H]C([2H])([2H])C(C(=O)CNC(=O)c1ccc(OC)cn1)C(=O)OCC. The Balaban J connectivity index is 2.73. The van der Waals surface area contributed by atoms with E-state index >= 15 is 0 Å². The van der Waals surface area contributed by atoms with Gasteiger partial charge in [-0.05, 0) is 25.9 Å². The van der Waals surface area contributed by atoms with Crippen LogP contribution in [0.25, 0.3) is 0 Å². The third-order valence-electron chi connectivity index (χ3n) is 2.47. The first-order valence-electron chi connectivity index (χ1n) is 7.68. The number of carbonyl (C=O) groups excluding carboxylic acids is 3. The van der Waals surface area contributed by atoms with Crippen molar-refractivity contribution in [3.63, 3.8) is 0 Å². The van der Waals surface area contributed by atoms with Crippen LogP contribution in [0.4, 0.5) is 0 Å². The van der Waals surface area contributed by atoms with Crippen LogP contribution in [0.1, 0.15) is 28.4 Å². The Bertz CT molecular complexity index is 601. The molecule has 114 valence electrons. The highest BCUT2D eigenvalue weighted by molar-refractivity contribution is 6.02. The summed E-state index contributed by atoms with van der Waals surface area (Å²) in [7, 11) is 1.44. The summed E-state index contributed by atoms with van der Waals surface area (Å²) in [5, 5.41) is 2.24. The summed E-state index contributed by atoms with van der Waals surface area (Å²) >= 11 is 0. The summed E-state index contributed by atoms with van der Waals surface area (Å²) in [4.78, 5) is 39.4. The van der Waals surface area contributed by atoms with Crippen LogP contribution in [-0.4, -0.2) is 42.9 Å². The fraction of sp³-hybridized carbons (Fsp3) is 0.429. The standard InChI is InChI=1S/C14H18N2O5/c1-4-21-14(19)9(2)12(17)8-16-13(18)11-6-5-10(20-3)7-15-11/h5-7,9H,4,8H2,1-3H3,(H,16,18)/i2D3. The van der Waals surface area contributed by atoms with Gasteiger partial charge in [0.05, 0.1) is 26.5 Å². The van der Waals surface area contributed by atoms with Crippen LogP contribution in [0.5, 0.6) is 5.75 Å². The molecule has 0 aliphatic heterocycles. The molecule has 0 fully saturated rings. The molecule has 21 heavy (non-hydrogen) atoms. The third kappa shape index (κ3) is 4.87. The summed E-state index contributed by atoms with van der Waals surface area (Å²) in [6, 6.07) is 2.89. The van der Waals surface area contributed by atoms with Gasteiger partial charge in [-0.3, -0.25) is 14.4 Å². The number of nitrogens with one attached hydrogen (secondary N) is 1. The molecule has 1 rings (SSSR count). The number of methoxy groups -OCH3 is 1. The number of pyridine rings is 1. The molecule has 0 aliphatic rings. The predicted molar refractivity (Wildman–Crippen MR) is 73.9 cm³/mol. The lowest BCUT2D eigenvalue weighted by atomic mass is 10.1. The van der Waals surface area contributed by atoms with Gasteiger partial charge in [0.25, 0.3) is 5.91 Å². The van der Waals surface area contributed by atoms with Gasteiger partial charge in [-0.1, -0.05) is 0 Å². The van der Waals surface area contributed by atoms with E-state index in [1.807, 2.05) is 0 Å². The molecule has 1 atom stereocenters. The second-order valence-electron chi connectivity index (χ2n) is 3.92. The zero-order valence-electron chi connectivity index (χ0n) is 14.7. The topological polar surface area (TPSA) is 94.6 Å². The predicted octanol–water partition coefficient (Wildman–Crippen LogP) is 0.588. The van der Waals surface area contributed by atoms with Crippen LogP contribution < -0.4 is 10.1 Å². The Labute approximate surface area is 126 Å². The van der Waals surface area contributed by atoms with E-state index in [0.717, 1.165) is 0 Å². The van der Waals surface area contributed by atoms with Crippen molar-refractivity contribution < 1.29 is 28.0 Å². The molecule has 0 saturated heterocycles. The summed E-state index contributed by atoms with van der Waals surface area (Å²) in [6.45, 7) is -2.04. The van der Waals surface area contributed by atoms with Crippen LogP contribution >= 0.6 is 0 Å². The van der Waals surface area contributed by atoms with Crippen LogP contribution in [0.3, 0.4) is 0 Å². The Hall–Kier alpha value is -2.44. The fourth-order valence-electron chi connectivity index (χ4n) is 1.35. The Kier molecular flexibility index (Phi) is 4.68. The van der Waals surface area contributed by atoms with Crippen molar-refractivity contribution in [2.24, 2.45) is 5.92 Å². The van der Waals surface area contributed by atoms with E-state index in [2.05, 4.69) is 15.0 Å². The quantitative estimate of drug-likeness (QED) is 0.584. The third-order valence-corrected chi connectivity index (χ3v) is 2.47. The molecular weight excluding hydrogens is 276 g/mol. The van der Waals surface area contributed by atoms with Gasteiger partial charge in [-0.2, -0.15) is 0 Å². The number of ether oxygens (including phenoxy) is 2. The zero-order chi connectivity index (χ0) is 18.3. The first-order chi connectivity index (χ1) is 11.2. The first kappa shape index (κ1) is 12.3. The van der Waals surface area contributed by atoms with Gasteiger partial charge < -0.3 is 14.8 Å². The van der Waals surface area contributed by atoms with Gasteiger partial charge in [-0.15, -0.1) is 0 Å². The van der Waals surface area contributed by atoms with E-state index in [1.54, 1.807) is 0 Å². The van der Waals surface area contributed by atoms with Crippen molar-refractivity contribution in [2.75, 3.05) is 20.3 Å². The van der Waals surface area contributed by atoms with E-state index < -0.39 is 37.0 Å². The van der Waals surface area contributed by atoms with Crippen LogP contribution in [0.15, 0.2) is 18.3 Å². The maximum Gasteiger partial charge on any atom is 0.316 e. The van der Waals surface area contributed by atoms with E-state index in [1.165, 1.54) is 32.4 Å². The highest BCUT2D eigenvalue weighted by atomic mass is 16.5. The molecule has 1 aromatic rings. The number of aromatic nitrogens is 1. The van der Waals surface area contributed by atoms with Crippen LogP contribution in [0, 0.1) is 5.92 Å². The molecule has 1 N–H and O–H groups in total. The van der Waals surface area contributed by atoms with E-state index in [0.29, 0.717) is 5.75 Å². The number of hydrogen-bond acceptors (Lipinski definition) is 6. The van der Waals surface area contributed by atoms with Crippen molar-refractivity contribution in [1.82, 2.24) is 10.3 Å². The number of ketones is 1. The van der Waals surface area contributed by atoms with E-state index in [9.17, 15) is 14.4 Å². The second-order valence-corrected chi connectivity index (χ2v) is 3.92. The van der Waals surface area contributed by atoms with Gasteiger partial charge in [0.15, 0.2) is 5.78 Å². The minimum Gasteiger partial charge on any atom is -0.495 e. The van der Waals surface area contributed by atoms with E-state index in [4.69, 9.17) is 8.85 Å². The average molecular weight is 297 g/mol. The van der Waals surface area contributed by atoms with Crippen LogP contribution in [0.2, 0.25) is 0 Å². The summed E-state index contributed by atoms with van der Waals surface area (Å²) in [5.41, 5.74) is 0.0187.